The minimum absolute atomic E-state index is 0.0287. The summed E-state index contributed by atoms with van der Waals surface area (Å²) in [7, 11) is 0. The Morgan fingerprint density at radius 2 is 1.70 bits per heavy atom. The van der Waals surface area contributed by atoms with Gasteiger partial charge in [0.2, 0.25) is 5.91 Å². The van der Waals surface area contributed by atoms with E-state index in [4.69, 9.17) is 0 Å². The molecule has 2 rings (SSSR count). The molecule has 30 heavy (non-hydrogen) atoms. The van der Waals surface area contributed by atoms with Gasteiger partial charge < -0.3 is 19.7 Å². The van der Waals surface area contributed by atoms with Crippen molar-refractivity contribution in [3.8, 4) is 5.75 Å². The first-order chi connectivity index (χ1) is 14.2. The summed E-state index contributed by atoms with van der Waals surface area (Å²) < 4.78 is 40.9. The fraction of sp³-hybridized carbons (Fsp3) is 0.636. The average molecular weight is 428 g/mol. The number of amides is 1. The molecule has 1 heterocycles. The number of Topliss-reactive ketones (excluding diaryl/α,β-unsaturated/α-hetero) is 1. The van der Waals surface area contributed by atoms with Gasteiger partial charge in [-0.2, -0.15) is 0 Å². The molecular weight excluding hydrogens is 397 g/mol. The average Bonchev–Trinajstić information content (AvgIpc) is 3.14. The van der Waals surface area contributed by atoms with E-state index in [2.05, 4.69) is 15.0 Å². The van der Waals surface area contributed by atoms with Gasteiger partial charge in [0.15, 0.2) is 0 Å². The van der Waals surface area contributed by atoms with Crippen molar-refractivity contribution in [2.45, 2.75) is 70.7 Å². The number of carbonyl (C=O) groups is 2. The molecule has 1 aromatic rings. The fourth-order valence-electron chi connectivity index (χ4n) is 3.69. The maximum atomic E-state index is 12.4. The van der Waals surface area contributed by atoms with E-state index >= 15 is 0 Å². The molecule has 0 unspecified atom stereocenters. The predicted octanol–water partition coefficient (Wildman–Crippen LogP) is 4.25. The zero-order chi connectivity index (χ0) is 22.0. The van der Waals surface area contributed by atoms with Crippen molar-refractivity contribution in [2.24, 2.45) is 0 Å². The zero-order valence-corrected chi connectivity index (χ0v) is 17.5. The summed E-state index contributed by atoms with van der Waals surface area (Å²) in [5, 5.41) is 3.09. The lowest BCUT2D eigenvalue weighted by molar-refractivity contribution is -0.274. The van der Waals surface area contributed by atoms with Crippen LogP contribution in [0.3, 0.4) is 0 Å². The number of alkyl halides is 3. The van der Waals surface area contributed by atoms with E-state index in [-0.39, 0.29) is 23.5 Å². The summed E-state index contributed by atoms with van der Waals surface area (Å²) in [6.07, 6.45) is 1.44. The molecule has 8 heteroatoms. The Balaban J connectivity index is 1.87. The standard InChI is InChI=1S/C22H31F3N2O3/c1-17(28)7-3-2-4-8-21(29)26-19(16-27-13-5-6-14-27)15-18-9-11-20(12-10-18)30-22(23,24)25/h9-12,19H,2-8,13-16H2,1H3,(H,26,29)/t19-/m0/s1. The van der Waals surface area contributed by atoms with Crippen LogP contribution in [0.1, 0.15) is 57.4 Å². The van der Waals surface area contributed by atoms with Crippen LogP contribution in [0.15, 0.2) is 24.3 Å². The number of hydrogen-bond acceptors (Lipinski definition) is 4. The first-order valence-corrected chi connectivity index (χ1v) is 10.6. The summed E-state index contributed by atoms with van der Waals surface area (Å²) in [6.45, 7) is 4.28. The van der Waals surface area contributed by atoms with Crippen molar-refractivity contribution in [1.29, 1.82) is 0 Å². The third kappa shape index (κ3) is 10.1. The second-order valence-electron chi connectivity index (χ2n) is 7.93. The fourth-order valence-corrected chi connectivity index (χ4v) is 3.69. The predicted molar refractivity (Wildman–Crippen MR) is 108 cm³/mol. The van der Waals surface area contributed by atoms with Crippen molar-refractivity contribution in [3.63, 3.8) is 0 Å². The van der Waals surface area contributed by atoms with Gasteiger partial charge >= 0.3 is 6.36 Å². The third-order valence-electron chi connectivity index (χ3n) is 5.11. The molecule has 0 aliphatic carbocycles. The van der Waals surface area contributed by atoms with Gasteiger partial charge in [0, 0.05) is 25.4 Å². The van der Waals surface area contributed by atoms with E-state index in [1.165, 1.54) is 12.1 Å². The Hall–Kier alpha value is -2.09. The van der Waals surface area contributed by atoms with Gasteiger partial charge in [-0.3, -0.25) is 4.79 Å². The minimum Gasteiger partial charge on any atom is -0.406 e. The van der Waals surface area contributed by atoms with Crippen LogP contribution < -0.4 is 10.1 Å². The Kier molecular flexibility index (Phi) is 9.62. The van der Waals surface area contributed by atoms with E-state index in [0.29, 0.717) is 19.3 Å². The largest absolute Gasteiger partial charge is 0.573 e. The van der Waals surface area contributed by atoms with E-state index in [1.807, 2.05) is 0 Å². The molecule has 1 fully saturated rings. The first-order valence-electron chi connectivity index (χ1n) is 10.6. The summed E-state index contributed by atoms with van der Waals surface area (Å²) in [5.74, 6) is -0.118. The number of ketones is 1. The van der Waals surface area contributed by atoms with Crippen LogP contribution in [0.25, 0.3) is 0 Å². The molecule has 5 nitrogen and oxygen atoms in total. The number of nitrogens with one attached hydrogen (secondary N) is 1. The van der Waals surface area contributed by atoms with Crippen LogP contribution >= 0.6 is 0 Å². The molecule has 1 aliphatic rings. The molecule has 0 spiro atoms. The number of carbonyl (C=O) groups excluding carboxylic acids is 2. The van der Waals surface area contributed by atoms with Gasteiger partial charge in [-0.05, 0) is 69.8 Å². The van der Waals surface area contributed by atoms with Crippen LogP contribution in [0.5, 0.6) is 5.75 Å². The molecule has 1 atom stereocenters. The Morgan fingerprint density at radius 3 is 2.30 bits per heavy atom. The Bertz CT molecular complexity index is 671. The lowest BCUT2D eigenvalue weighted by Gasteiger charge is -2.25. The topological polar surface area (TPSA) is 58.6 Å². The normalized spacial score (nSPS) is 15.7. The zero-order valence-electron chi connectivity index (χ0n) is 17.5. The first kappa shape index (κ1) is 24.2. The Morgan fingerprint density at radius 1 is 1.07 bits per heavy atom. The molecule has 1 aliphatic heterocycles. The third-order valence-corrected chi connectivity index (χ3v) is 5.11. The maximum absolute atomic E-state index is 12.4. The highest BCUT2D eigenvalue weighted by Crippen LogP contribution is 2.23. The number of hydrogen-bond donors (Lipinski definition) is 1. The second-order valence-corrected chi connectivity index (χ2v) is 7.93. The van der Waals surface area contributed by atoms with Gasteiger partial charge in [0.05, 0.1) is 0 Å². The van der Waals surface area contributed by atoms with Gasteiger partial charge in [-0.15, -0.1) is 13.2 Å². The van der Waals surface area contributed by atoms with Crippen molar-refractivity contribution in [3.05, 3.63) is 29.8 Å². The number of rotatable bonds is 12. The summed E-state index contributed by atoms with van der Waals surface area (Å²) in [6, 6.07) is 5.69. The molecule has 168 valence electrons. The molecule has 1 saturated heterocycles. The summed E-state index contributed by atoms with van der Waals surface area (Å²) in [4.78, 5) is 25.7. The molecular formula is C22H31F3N2O3. The Labute approximate surface area is 176 Å². The van der Waals surface area contributed by atoms with Crippen LogP contribution in [0, 0.1) is 0 Å². The molecule has 1 N–H and O–H groups in total. The summed E-state index contributed by atoms with van der Waals surface area (Å²) in [5.41, 5.74) is 0.843. The van der Waals surface area contributed by atoms with E-state index in [1.54, 1.807) is 19.1 Å². The quantitative estimate of drug-likeness (QED) is 0.506. The highest BCUT2D eigenvalue weighted by atomic mass is 19.4. The minimum atomic E-state index is -4.71. The van der Waals surface area contributed by atoms with Gasteiger partial charge in [0.25, 0.3) is 0 Å². The smallest absolute Gasteiger partial charge is 0.406 e. The number of nitrogens with zero attached hydrogens (tertiary/aromatic N) is 1. The van der Waals surface area contributed by atoms with Crippen LogP contribution in [0.4, 0.5) is 13.2 Å². The highest BCUT2D eigenvalue weighted by Gasteiger charge is 2.31. The number of halogens is 3. The number of unbranched alkanes of at least 4 members (excludes halogenated alkanes) is 2. The van der Waals surface area contributed by atoms with Gasteiger partial charge in [-0.25, -0.2) is 0 Å². The van der Waals surface area contributed by atoms with Crippen molar-refractivity contribution >= 4 is 11.7 Å². The van der Waals surface area contributed by atoms with Crippen molar-refractivity contribution < 1.29 is 27.5 Å². The number of ether oxygens (including phenoxy) is 1. The van der Waals surface area contributed by atoms with E-state index in [0.717, 1.165) is 57.3 Å². The lowest BCUT2D eigenvalue weighted by Crippen LogP contribution is -2.44. The van der Waals surface area contributed by atoms with Gasteiger partial charge in [0.1, 0.15) is 11.5 Å². The van der Waals surface area contributed by atoms with Crippen LogP contribution in [-0.4, -0.2) is 48.6 Å². The van der Waals surface area contributed by atoms with Crippen molar-refractivity contribution in [2.75, 3.05) is 19.6 Å². The number of likely N-dealkylation sites (tertiary alicyclic amines) is 1. The molecule has 0 radical (unpaired) electrons. The highest BCUT2D eigenvalue weighted by molar-refractivity contribution is 5.76. The molecule has 0 bridgehead atoms. The second kappa shape index (κ2) is 11.9. The lowest BCUT2D eigenvalue weighted by atomic mass is 10.0. The number of benzene rings is 1. The van der Waals surface area contributed by atoms with Crippen LogP contribution in [0.2, 0.25) is 0 Å². The molecule has 0 aromatic heterocycles. The van der Waals surface area contributed by atoms with Gasteiger partial charge in [-0.1, -0.05) is 18.6 Å². The molecule has 1 amide bonds. The molecule has 0 saturated carbocycles. The maximum Gasteiger partial charge on any atom is 0.573 e. The van der Waals surface area contributed by atoms with E-state index < -0.39 is 6.36 Å². The van der Waals surface area contributed by atoms with Crippen molar-refractivity contribution in [1.82, 2.24) is 10.2 Å². The van der Waals surface area contributed by atoms with Crippen LogP contribution in [-0.2, 0) is 16.0 Å². The monoisotopic (exact) mass is 428 g/mol. The molecule has 1 aromatic carbocycles. The van der Waals surface area contributed by atoms with E-state index in [9.17, 15) is 22.8 Å². The summed E-state index contributed by atoms with van der Waals surface area (Å²) >= 11 is 0. The SMILES string of the molecule is CC(=O)CCCCCC(=O)N[C@@H](Cc1ccc(OC(F)(F)F)cc1)CN1CCCC1.